The van der Waals surface area contributed by atoms with Crippen molar-refractivity contribution in [2.24, 2.45) is 4.99 Å². The Kier molecular flexibility index (Phi) is 9.54. The summed E-state index contributed by atoms with van der Waals surface area (Å²) < 4.78 is 11.3. The van der Waals surface area contributed by atoms with E-state index in [1.54, 1.807) is 12.4 Å². The van der Waals surface area contributed by atoms with Crippen LogP contribution in [0.25, 0.3) is 0 Å². The molecule has 0 spiro atoms. The number of benzene rings is 1. The van der Waals surface area contributed by atoms with Gasteiger partial charge in [0.2, 0.25) is 5.95 Å². The number of anilines is 1. The van der Waals surface area contributed by atoms with Crippen LogP contribution in [0, 0.1) is 0 Å². The maximum absolute atomic E-state index is 5.70. The fourth-order valence-electron chi connectivity index (χ4n) is 4.55. The molecule has 8 nitrogen and oxygen atoms in total. The largest absolute Gasteiger partial charge is 0.494 e. The molecule has 2 aliphatic heterocycles. The second-order valence-electron chi connectivity index (χ2n) is 8.27. The van der Waals surface area contributed by atoms with E-state index in [1.807, 2.05) is 20.0 Å². The van der Waals surface area contributed by atoms with Crippen LogP contribution in [0.3, 0.4) is 0 Å². The molecule has 4 rings (SSSR count). The molecular weight excluding hydrogens is 531 g/mol. The number of nitrogens with zero attached hydrogens (tertiary/aromatic N) is 5. The van der Waals surface area contributed by atoms with Crippen molar-refractivity contribution in [3.8, 4) is 5.75 Å². The van der Waals surface area contributed by atoms with Gasteiger partial charge in [0, 0.05) is 70.8 Å². The van der Waals surface area contributed by atoms with Crippen molar-refractivity contribution in [2.75, 3.05) is 64.5 Å². The van der Waals surface area contributed by atoms with Gasteiger partial charge in [-0.2, -0.15) is 0 Å². The van der Waals surface area contributed by atoms with E-state index >= 15 is 0 Å². The van der Waals surface area contributed by atoms with Crippen molar-refractivity contribution in [3.63, 3.8) is 0 Å². The molecule has 3 heterocycles. The first-order chi connectivity index (χ1) is 15.7. The number of piperazine rings is 1. The standard InChI is InChI=1S/C24H34N6O2.HI/c1-3-32-21-7-5-20(6-8-21)24(9-17-31-18-10-24)19-28-22(25-2)29-13-15-30(16-14-29)23-26-11-4-12-27-23;/h4-8,11-12H,3,9-10,13-19H2,1-2H3,(H,25,28);1H. The van der Waals surface area contributed by atoms with E-state index in [9.17, 15) is 0 Å². The van der Waals surface area contributed by atoms with Gasteiger partial charge in [0.15, 0.2) is 5.96 Å². The minimum Gasteiger partial charge on any atom is -0.494 e. The zero-order valence-corrected chi connectivity index (χ0v) is 21.9. The first-order valence-electron chi connectivity index (χ1n) is 11.5. The van der Waals surface area contributed by atoms with Gasteiger partial charge >= 0.3 is 0 Å². The highest BCUT2D eigenvalue weighted by Gasteiger charge is 2.35. The molecule has 0 radical (unpaired) electrons. The monoisotopic (exact) mass is 566 g/mol. The third kappa shape index (κ3) is 6.26. The lowest BCUT2D eigenvalue weighted by Crippen LogP contribution is -2.55. The Morgan fingerprint density at radius 1 is 1.09 bits per heavy atom. The van der Waals surface area contributed by atoms with Gasteiger partial charge in [-0.05, 0) is 43.5 Å². The molecular formula is C24H35IN6O2. The summed E-state index contributed by atoms with van der Waals surface area (Å²) in [6.45, 7) is 8.61. The van der Waals surface area contributed by atoms with Crippen LogP contribution in [0.1, 0.15) is 25.3 Å². The van der Waals surface area contributed by atoms with E-state index < -0.39 is 0 Å². The number of ether oxygens (including phenoxy) is 2. The Morgan fingerprint density at radius 3 is 2.36 bits per heavy atom. The first-order valence-corrected chi connectivity index (χ1v) is 11.5. The summed E-state index contributed by atoms with van der Waals surface area (Å²) in [6, 6.07) is 10.4. The molecule has 180 valence electrons. The Labute approximate surface area is 213 Å². The van der Waals surface area contributed by atoms with Crippen LogP contribution in [0.2, 0.25) is 0 Å². The number of guanidine groups is 1. The first kappa shape index (κ1) is 25.5. The van der Waals surface area contributed by atoms with Crippen molar-refractivity contribution in [1.82, 2.24) is 20.2 Å². The molecule has 0 unspecified atom stereocenters. The molecule has 33 heavy (non-hydrogen) atoms. The van der Waals surface area contributed by atoms with Gasteiger partial charge in [-0.3, -0.25) is 4.99 Å². The molecule has 2 aliphatic rings. The molecule has 2 saturated heterocycles. The number of halogens is 1. The Bertz CT molecular complexity index is 866. The lowest BCUT2D eigenvalue weighted by Gasteiger charge is -2.40. The lowest BCUT2D eigenvalue weighted by molar-refractivity contribution is 0.0511. The highest BCUT2D eigenvalue weighted by molar-refractivity contribution is 14.0. The van der Waals surface area contributed by atoms with Crippen LogP contribution >= 0.6 is 24.0 Å². The average molecular weight is 566 g/mol. The molecule has 0 atom stereocenters. The van der Waals surface area contributed by atoms with Crippen LogP contribution in [0.5, 0.6) is 5.75 Å². The maximum Gasteiger partial charge on any atom is 0.225 e. The third-order valence-corrected chi connectivity index (χ3v) is 6.44. The SMILES string of the molecule is CCOc1ccc(C2(CNC(=NC)N3CCN(c4ncccn4)CC3)CCOCC2)cc1.I. The fourth-order valence-corrected chi connectivity index (χ4v) is 4.55. The molecule has 0 bridgehead atoms. The van der Waals surface area contributed by atoms with E-state index in [0.29, 0.717) is 6.61 Å². The van der Waals surface area contributed by atoms with E-state index in [4.69, 9.17) is 9.47 Å². The molecule has 0 amide bonds. The second-order valence-corrected chi connectivity index (χ2v) is 8.27. The van der Waals surface area contributed by atoms with E-state index in [0.717, 1.165) is 76.4 Å². The number of hydrogen-bond acceptors (Lipinski definition) is 6. The van der Waals surface area contributed by atoms with Crippen LogP contribution in [0.4, 0.5) is 5.95 Å². The van der Waals surface area contributed by atoms with Gasteiger partial charge in [-0.25, -0.2) is 9.97 Å². The van der Waals surface area contributed by atoms with E-state index in [-0.39, 0.29) is 29.4 Å². The predicted molar refractivity (Wildman–Crippen MR) is 142 cm³/mol. The van der Waals surface area contributed by atoms with Crippen molar-refractivity contribution in [3.05, 3.63) is 48.3 Å². The molecule has 2 fully saturated rings. The van der Waals surface area contributed by atoms with Crippen molar-refractivity contribution in [2.45, 2.75) is 25.2 Å². The summed E-state index contributed by atoms with van der Waals surface area (Å²) in [7, 11) is 1.86. The molecule has 1 N–H and O–H groups in total. The molecule has 0 saturated carbocycles. The summed E-state index contributed by atoms with van der Waals surface area (Å²) in [5, 5.41) is 3.68. The summed E-state index contributed by atoms with van der Waals surface area (Å²) in [5.41, 5.74) is 1.36. The summed E-state index contributed by atoms with van der Waals surface area (Å²) in [4.78, 5) is 17.9. The van der Waals surface area contributed by atoms with Gasteiger partial charge in [0.05, 0.1) is 6.61 Å². The summed E-state index contributed by atoms with van der Waals surface area (Å²) >= 11 is 0. The van der Waals surface area contributed by atoms with Crippen molar-refractivity contribution < 1.29 is 9.47 Å². The molecule has 0 aliphatic carbocycles. The van der Waals surface area contributed by atoms with Crippen LogP contribution < -0.4 is 15.0 Å². The highest BCUT2D eigenvalue weighted by Crippen LogP contribution is 2.35. The zero-order chi connectivity index (χ0) is 22.2. The number of aliphatic imine (C=N–C) groups is 1. The number of nitrogens with one attached hydrogen (secondary N) is 1. The third-order valence-electron chi connectivity index (χ3n) is 6.44. The van der Waals surface area contributed by atoms with Gasteiger partial charge < -0.3 is 24.6 Å². The minimum absolute atomic E-state index is 0. The van der Waals surface area contributed by atoms with Crippen LogP contribution in [-0.2, 0) is 10.2 Å². The van der Waals surface area contributed by atoms with Gasteiger partial charge in [-0.15, -0.1) is 24.0 Å². The Morgan fingerprint density at radius 2 is 1.76 bits per heavy atom. The van der Waals surface area contributed by atoms with Gasteiger partial charge in [0.25, 0.3) is 0 Å². The summed E-state index contributed by atoms with van der Waals surface area (Å²) in [5.74, 6) is 2.67. The lowest BCUT2D eigenvalue weighted by atomic mass is 9.74. The summed E-state index contributed by atoms with van der Waals surface area (Å²) in [6.07, 6.45) is 5.57. The fraction of sp³-hybridized carbons (Fsp3) is 0.542. The average Bonchev–Trinajstić information content (AvgIpc) is 2.86. The zero-order valence-electron chi connectivity index (χ0n) is 19.6. The number of hydrogen-bond donors (Lipinski definition) is 1. The Balaban J connectivity index is 0.00000306. The quantitative estimate of drug-likeness (QED) is 0.328. The normalized spacial score (nSPS) is 18.4. The highest BCUT2D eigenvalue weighted by atomic mass is 127. The van der Waals surface area contributed by atoms with Gasteiger partial charge in [-0.1, -0.05) is 12.1 Å². The number of rotatable bonds is 6. The van der Waals surface area contributed by atoms with Crippen molar-refractivity contribution >= 4 is 35.9 Å². The smallest absolute Gasteiger partial charge is 0.225 e. The van der Waals surface area contributed by atoms with Crippen LogP contribution in [-0.4, -0.2) is 80.4 Å². The molecule has 9 heteroatoms. The number of aromatic nitrogens is 2. The second kappa shape index (κ2) is 12.4. The van der Waals surface area contributed by atoms with E-state index in [2.05, 4.69) is 54.3 Å². The minimum atomic E-state index is 0. The molecule has 1 aromatic carbocycles. The molecule has 1 aromatic heterocycles. The van der Waals surface area contributed by atoms with Crippen molar-refractivity contribution in [1.29, 1.82) is 0 Å². The topological polar surface area (TPSA) is 75.1 Å². The molecule has 2 aromatic rings. The van der Waals surface area contributed by atoms with Crippen LogP contribution in [0.15, 0.2) is 47.7 Å². The van der Waals surface area contributed by atoms with Gasteiger partial charge in [0.1, 0.15) is 5.75 Å². The predicted octanol–water partition coefficient (Wildman–Crippen LogP) is 2.94. The van der Waals surface area contributed by atoms with E-state index in [1.165, 1.54) is 5.56 Å². The maximum atomic E-state index is 5.70. The Hall–Kier alpha value is -2.14.